The van der Waals surface area contributed by atoms with E-state index >= 15 is 0 Å². The van der Waals surface area contributed by atoms with Gasteiger partial charge in [-0.3, -0.25) is 4.99 Å². The first-order valence-corrected chi connectivity index (χ1v) is 9.80. The van der Waals surface area contributed by atoms with Crippen LogP contribution in [0.2, 0.25) is 0 Å². The van der Waals surface area contributed by atoms with E-state index in [2.05, 4.69) is 22.5 Å². The van der Waals surface area contributed by atoms with Gasteiger partial charge in [-0.1, -0.05) is 0 Å². The number of aliphatic imine (C=N–C) groups is 1. The summed E-state index contributed by atoms with van der Waals surface area (Å²) in [7, 11) is 1.76. The van der Waals surface area contributed by atoms with Crippen LogP contribution in [0.25, 0.3) is 0 Å². The van der Waals surface area contributed by atoms with E-state index in [9.17, 15) is 4.79 Å². The standard InChI is InChI=1S/C19H36N4O3.HI/c1-18(2,3)26-17(24)23-11-7-6-9-15(23)13-21-16(20-5)22-14-19(4)10-8-12-25-19;/h15H,6-14H2,1-5H3,(H2,20,21,22);1H. The molecule has 2 fully saturated rings. The average molecular weight is 496 g/mol. The molecule has 0 saturated carbocycles. The van der Waals surface area contributed by atoms with E-state index in [0.29, 0.717) is 6.54 Å². The van der Waals surface area contributed by atoms with E-state index in [1.165, 1.54) is 0 Å². The van der Waals surface area contributed by atoms with Crippen molar-refractivity contribution in [1.29, 1.82) is 0 Å². The van der Waals surface area contributed by atoms with Crippen LogP contribution in [0.5, 0.6) is 0 Å². The highest BCUT2D eigenvalue weighted by molar-refractivity contribution is 14.0. The monoisotopic (exact) mass is 496 g/mol. The lowest BCUT2D eigenvalue weighted by Crippen LogP contribution is -2.53. The van der Waals surface area contributed by atoms with Gasteiger partial charge in [0, 0.05) is 33.3 Å². The zero-order valence-electron chi connectivity index (χ0n) is 17.5. The number of amides is 1. The molecule has 2 N–H and O–H groups in total. The number of carbonyl (C=O) groups excluding carboxylic acids is 1. The van der Waals surface area contributed by atoms with Gasteiger partial charge in [-0.15, -0.1) is 24.0 Å². The number of piperidine rings is 1. The summed E-state index contributed by atoms with van der Waals surface area (Å²) in [4.78, 5) is 18.6. The third kappa shape index (κ3) is 8.01. The summed E-state index contributed by atoms with van der Waals surface area (Å²) >= 11 is 0. The van der Waals surface area contributed by atoms with Crippen LogP contribution in [0, 0.1) is 0 Å². The molecule has 7 nitrogen and oxygen atoms in total. The van der Waals surface area contributed by atoms with Crippen LogP contribution in [-0.4, -0.2) is 67.5 Å². The Hall–Kier alpha value is -0.770. The first-order chi connectivity index (χ1) is 12.2. The van der Waals surface area contributed by atoms with Crippen LogP contribution in [0.1, 0.15) is 59.8 Å². The number of ether oxygens (including phenoxy) is 2. The van der Waals surface area contributed by atoms with Crippen molar-refractivity contribution in [3.05, 3.63) is 0 Å². The smallest absolute Gasteiger partial charge is 0.410 e. The molecule has 2 aliphatic heterocycles. The summed E-state index contributed by atoms with van der Waals surface area (Å²) in [5.74, 6) is 0.747. The number of guanidine groups is 1. The molecule has 2 rings (SSSR count). The minimum Gasteiger partial charge on any atom is -0.444 e. The van der Waals surface area contributed by atoms with Crippen LogP contribution in [0.3, 0.4) is 0 Å². The minimum absolute atomic E-state index is 0. The molecule has 2 unspecified atom stereocenters. The lowest BCUT2D eigenvalue weighted by atomic mass is 10.0. The van der Waals surface area contributed by atoms with Gasteiger partial charge in [-0.25, -0.2) is 4.79 Å². The Morgan fingerprint density at radius 1 is 1.30 bits per heavy atom. The molecule has 0 bridgehead atoms. The van der Waals surface area contributed by atoms with Crippen molar-refractivity contribution >= 4 is 36.0 Å². The lowest BCUT2D eigenvalue weighted by molar-refractivity contribution is 0.0104. The number of rotatable bonds is 4. The van der Waals surface area contributed by atoms with E-state index in [1.807, 2.05) is 25.7 Å². The fourth-order valence-corrected chi connectivity index (χ4v) is 3.46. The van der Waals surface area contributed by atoms with Gasteiger partial charge >= 0.3 is 6.09 Å². The fraction of sp³-hybridized carbons (Fsp3) is 0.895. The number of hydrogen-bond acceptors (Lipinski definition) is 4. The third-order valence-corrected chi connectivity index (χ3v) is 4.91. The third-order valence-electron chi connectivity index (χ3n) is 4.91. The van der Waals surface area contributed by atoms with Gasteiger partial charge in [-0.2, -0.15) is 0 Å². The summed E-state index contributed by atoms with van der Waals surface area (Å²) in [6, 6.07) is 0.121. The van der Waals surface area contributed by atoms with E-state index in [4.69, 9.17) is 9.47 Å². The highest BCUT2D eigenvalue weighted by atomic mass is 127. The van der Waals surface area contributed by atoms with Crippen LogP contribution in [0.15, 0.2) is 4.99 Å². The summed E-state index contributed by atoms with van der Waals surface area (Å²) < 4.78 is 11.4. The molecule has 2 heterocycles. The second kappa shape index (κ2) is 10.7. The largest absolute Gasteiger partial charge is 0.444 e. The predicted molar refractivity (Wildman–Crippen MR) is 119 cm³/mol. The first kappa shape index (κ1) is 24.3. The molecule has 2 saturated heterocycles. The molecule has 0 spiro atoms. The minimum atomic E-state index is -0.471. The molecule has 2 atom stereocenters. The Morgan fingerprint density at radius 3 is 2.63 bits per heavy atom. The molecule has 0 aromatic carbocycles. The van der Waals surface area contributed by atoms with Crippen molar-refractivity contribution < 1.29 is 14.3 Å². The van der Waals surface area contributed by atoms with Crippen LogP contribution in [-0.2, 0) is 9.47 Å². The molecular weight excluding hydrogens is 459 g/mol. The molecule has 158 valence electrons. The SMILES string of the molecule is CN=C(NCC1CCCCN1C(=O)OC(C)(C)C)NCC1(C)CCCO1.I. The van der Waals surface area contributed by atoms with Gasteiger partial charge in [0.15, 0.2) is 5.96 Å². The topological polar surface area (TPSA) is 75.2 Å². The Morgan fingerprint density at radius 2 is 2.04 bits per heavy atom. The Bertz CT molecular complexity index is 502. The lowest BCUT2D eigenvalue weighted by Gasteiger charge is -2.37. The molecule has 0 radical (unpaired) electrons. The molecule has 2 aliphatic rings. The summed E-state index contributed by atoms with van der Waals surface area (Å²) in [6.45, 7) is 10.8. The molecule has 0 aromatic heterocycles. The van der Waals surface area contributed by atoms with Crippen molar-refractivity contribution in [2.24, 2.45) is 4.99 Å². The van der Waals surface area contributed by atoms with Crippen LogP contribution in [0.4, 0.5) is 4.79 Å². The molecule has 0 aliphatic carbocycles. The average Bonchev–Trinajstić information content (AvgIpc) is 3.00. The van der Waals surface area contributed by atoms with Gasteiger partial charge < -0.3 is 25.0 Å². The summed E-state index contributed by atoms with van der Waals surface area (Å²) in [5, 5.41) is 6.71. The first-order valence-electron chi connectivity index (χ1n) is 9.80. The van der Waals surface area contributed by atoms with E-state index in [0.717, 1.165) is 57.8 Å². The molecule has 0 aromatic rings. The fourth-order valence-electron chi connectivity index (χ4n) is 3.46. The second-order valence-corrected chi connectivity index (χ2v) is 8.53. The number of likely N-dealkylation sites (tertiary alicyclic amines) is 1. The Labute approximate surface area is 181 Å². The summed E-state index contributed by atoms with van der Waals surface area (Å²) in [6.07, 6.45) is 5.08. The molecule has 27 heavy (non-hydrogen) atoms. The van der Waals surface area contributed by atoms with E-state index in [1.54, 1.807) is 7.05 Å². The van der Waals surface area contributed by atoms with Gasteiger partial charge in [-0.05, 0) is 59.8 Å². The van der Waals surface area contributed by atoms with Gasteiger partial charge in [0.2, 0.25) is 0 Å². The maximum atomic E-state index is 12.5. The zero-order valence-corrected chi connectivity index (χ0v) is 19.8. The highest BCUT2D eigenvalue weighted by Gasteiger charge is 2.31. The number of carbonyl (C=O) groups is 1. The number of nitrogens with one attached hydrogen (secondary N) is 2. The normalized spacial score (nSPS) is 26.3. The van der Waals surface area contributed by atoms with E-state index < -0.39 is 5.60 Å². The maximum absolute atomic E-state index is 12.5. The van der Waals surface area contributed by atoms with Gasteiger partial charge in [0.25, 0.3) is 0 Å². The summed E-state index contributed by atoms with van der Waals surface area (Å²) in [5.41, 5.74) is -0.591. The highest BCUT2D eigenvalue weighted by Crippen LogP contribution is 2.24. The molecule has 1 amide bonds. The van der Waals surface area contributed by atoms with Crippen molar-refractivity contribution in [1.82, 2.24) is 15.5 Å². The number of hydrogen-bond donors (Lipinski definition) is 2. The maximum Gasteiger partial charge on any atom is 0.410 e. The quantitative estimate of drug-likeness (QED) is 0.356. The zero-order chi connectivity index (χ0) is 19.2. The molecular formula is C19H37IN4O3. The van der Waals surface area contributed by atoms with Gasteiger partial charge in [0.1, 0.15) is 5.60 Å². The Kier molecular flexibility index (Phi) is 9.61. The van der Waals surface area contributed by atoms with Crippen LogP contribution < -0.4 is 10.6 Å². The predicted octanol–water partition coefficient (Wildman–Crippen LogP) is 3.13. The second-order valence-electron chi connectivity index (χ2n) is 8.53. The van der Waals surface area contributed by atoms with Crippen molar-refractivity contribution in [3.63, 3.8) is 0 Å². The molecule has 8 heteroatoms. The van der Waals surface area contributed by atoms with Crippen LogP contribution >= 0.6 is 24.0 Å². The van der Waals surface area contributed by atoms with Crippen molar-refractivity contribution in [2.75, 3.05) is 33.3 Å². The van der Waals surface area contributed by atoms with Gasteiger partial charge in [0.05, 0.1) is 11.6 Å². The van der Waals surface area contributed by atoms with Crippen molar-refractivity contribution in [2.45, 2.75) is 77.0 Å². The Balaban J connectivity index is 0.00000364. The number of nitrogens with zero attached hydrogens (tertiary/aromatic N) is 2. The number of halogens is 1. The van der Waals surface area contributed by atoms with Crippen molar-refractivity contribution in [3.8, 4) is 0 Å². The van der Waals surface area contributed by atoms with E-state index in [-0.39, 0.29) is 41.7 Å².